The first-order chi connectivity index (χ1) is 16.5. The molecule has 0 aromatic heterocycles. The number of halogens is 1. The second kappa shape index (κ2) is 11.5. The first kappa shape index (κ1) is 24.3. The zero-order valence-corrected chi connectivity index (χ0v) is 20.2. The average molecular weight is 483 g/mol. The molecular formula is C27H31ClN2O4. The number of ether oxygens (including phenoxy) is 2. The number of nitrogens with zero attached hydrogens (tertiary/aromatic N) is 1. The molecule has 2 aromatic carbocycles. The van der Waals surface area contributed by atoms with Crippen LogP contribution in [0.15, 0.2) is 54.3 Å². The molecule has 0 radical (unpaired) electrons. The number of carbonyl (C=O) groups is 2. The van der Waals surface area contributed by atoms with Gasteiger partial charge in [0.05, 0.1) is 6.04 Å². The van der Waals surface area contributed by atoms with Crippen LogP contribution in [-0.2, 0) is 20.8 Å². The van der Waals surface area contributed by atoms with Gasteiger partial charge in [-0.25, -0.2) is 0 Å². The Kier molecular flexibility index (Phi) is 8.25. The van der Waals surface area contributed by atoms with Gasteiger partial charge >= 0.3 is 0 Å². The lowest BCUT2D eigenvalue weighted by atomic mass is 9.89. The van der Waals surface area contributed by atoms with Crippen LogP contribution in [0.3, 0.4) is 0 Å². The van der Waals surface area contributed by atoms with Crippen molar-refractivity contribution in [1.29, 1.82) is 0 Å². The molecule has 1 saturated carbocycles. The van der Waals surface area contributed by atoms with E-state index in [4.69, 9.17) is 21.1 Å². The summed E-state index contributed by atoms with van der Waals surface area (Å²) < 4.78 is 11.2. The van der Waals surface area contributed by atoms with Crippen molar-refractivity contribution in [1.82, 2.24) is 10.2 Å². The van der Waals surface area contributed by atoms with Crippen LogP contribution in [0.25, 0.3) is 6.08 Å². The van der Waals surface area contributed by atoms with Gasteiger partial charge in [-0.3, -0.25) is 9.59 Å². The minimum Gasteiger partial charge on any atom is -0.482 e. The standard InChI is InChI=1S/C27H31ClN2O4/c1-33-16-4-15-29-26(31)21-11-7-19(8-12-21)17-25-27(32)30(18-20-9-13-22(28)14-10-20)23-5-2-3-6-24(23)34-25/h7-14,17,23-24H,2-6,15-16,18H2,1H3,(H,29,31)/b25-17+. The van der Waals surface area contributed by atoms with Gasteiger partial charge < -0.3 is 19.7 Å². The van der Waals surface area contributed by atoms with Crippen molar-refractivity contribution in [3.05, 3.63) is 76.0 Å². The SMILES string of the molecule is COCCCNC(=O)c1ccc(/C=C2/OC3CCCCC3N(Cc3ccc(Cl)cc3)C2=O)cc1. The van der Waals surface area contributed by atoms with Crippen LogP contribution in [0.2, 0.25) is 5.02 Å². The number of carbonyl (C=O) groups excluding carboxylic acids is 2. The number of nitrogens with one attached hydrogen (secondary N) is 1. The van der Waals surface area contributed by atoms with E-state index in [0.29, 0.717) is 36.0 Å². The molecule has 0 bridgehead atoms. The normalized spacial score (nSPS) is 21.2. The largest absolute Gasteiger partial charge is 0.482 e. The highest BCUT2D eigenvalue weighted by Gasteiger charge is 2.41. The van der Waals surface area contributed by atoms with Gasteiger partial charge in [0.15, 0.2) is 5.76 Å². The quantitative estimate of drug-likeness (QED) is 0.432. The number of fused-ring (bicyclic) bond motifs is 1. The third-order valence-electron chi connectivity index (χ3n) is 6.37. The van der Waals surface area contributed by atoms with Crippen LogP contribution >= 0.6 is 11.6 Å². The fraction of sp³-hybridized carbons (Fsp3) is 0.407. The van der Waals surface area contributed by atoms with Crippen LogP contribution in [0.4, 0.5) is 0 Å². The zero-order valence-electron chi connectivity index (χ0n) is 19.5. The Balaban J connectivity index is 1.48. The summed E-state index contributed by atoms with van der Waals surface area (Å²) >= 11 is 6.04. The number of methoxy groups -OCH3 is 1. The van der Waals surface area contributed by atoms with Crippen LogP contribution in [-0.4, -0.2) is 49.1 Å². The van der Waals surface area contributed by atoms with E-state index in [-0.39, 0.29) is 24.0 Å². The fourth-order valence-corrected chi connectivity index (χ4v) is 4.68. The molecule has 0 spiro atoms. The predicted molar refractivity (Wildman–Crippen MR) is 132 cm³/mol. The Morgan fingerprint density at radius 3 is 2.62 bits per heavy atom. The average Bonchev–Trinajstić information content (AvgIpc) is 2.86. The van der Waals surface area contributed by atoms with Crippen LogP contribution < -0.4 is 5.32 Å². The van der Waals surface area contributed by atoms with Crippen LogP contribution in [0.5, 0.6) is 0 Å². The molecule has 2 aliphatic rings. The summed E-state index contributed by atoms with van der Waals surface area (Å²) in [6, 6.07) is 14.9. The second-order valence-electron chi connectivity index (χ2n) is 8.80. The van der Waals surface area contributed by atoms with E-state index in [1.807, 2.05) is 41.3 Å². The van der Waals surface area contributed by atoms with E-state index >= 15 is 0 Å². The Morgan fingerprint density at radius 2 is 1.88 bits per heavy atom. The number of amides is 2. The Labute approximate surface area is 205 Å². The summed E-state index contributed by atoms with van der Waals surface area (Å²) in [5, 5.41) is 3.56. The maximum absolute atomic E-state index is 13.4. The maximum atomic E-state index is 13.4. The molecule has 2 amide bonds. The number of hydrogen-bond acceptors (Lipinski definition) is 4. The van der Waals surface area contributed by atoms with Crippen LogP contribution in [0.1, 0.15) is 53.6 Å². The van der Waals surface area contributed by atoms with E-state index in [2.05, 4.69) is 5.32 Å². The maximum Gasteiger partial charge on any atom is 0.289 e. The van der Waals surface area contributed by atoms with Crippen molar-refractivity contribution in [3.63, 3.8) is 0 Å². The Hall–Kier alpha value is -2.83. The molecule has 1 heterocycles. The van der Waals surface area contributed by atoms with E-state index in [0.717, 1.165) is 43.2 Å². The molecular weight excluding hydrogens is 452 g/mol. The van der Waals surface area contributed by atoms with Crippen molar-refractivity contribution in [2.75, 3.05) is 20.3 Å². The highest BCUT2D eigenvalue weighted by atomic mass is 35.5. The van der Waals surface area contributed by atoms with E-state index in [1.165, 1.54) is 0 Å². The zero-order chi connectivity index (χ0) is 23.9. The van der Waals surface area contributed by atoms with Gasteiger partial charge in [-0.05, 0) is 67.2 Å². The second-order valence-corrected chi connectivity index (χ2v) is 9.24. The summed E-state index contributed by atoms with van der Waals surface area (Å²) in [5.74, 6) is 0.131. The topological polar surface area (TPSA) is 67.9 Å². The van der Waals surface area contributed by atoms with Gasteiger partial charge in [-0.2, -0.15) is 0 Å². The Morgan fingerprint density at radius 1 is 1.15 bits per heavy atom. The molecule has 1 aliphatic heterocycles. The first-order valence-electron chi connectivity index (χ1n) is 11.9. The molecule has 2 atom stereocenters. The number of benzene rings is 2. The van der Waals surface area contributed by atoms with Gasteiger partial charge in [0.25, 0.3) is 11.8 Å². The van der Waals surface area contributed by atoms with E-state index in [1.54, 1.807) is 25.3 Å². The van der Waals surface area contributed by atoms with Crippen molar-refractivity contribution >= 4 is 29.5 Å². The van der Waals surface area contributed by atoms with Gasteiger partial charge in [-0.15, -0.1) is 0 Å². The lowest BCUT2D eigenvalue weighted by Gasteiger charge is -2.44. The number of morpholine rings is 1. The Bertz CT molecular complexity index is 1020. The van der Waals surface area contributed by atoms with Crippen molar-refractivity contribution < 1.29 is 19.1 Å². The van der Waals surface area contributed by atoms with Gasteiger partial charge in [0.1, 0.15) is 6.10 Å². The summed E-state index contributed by atoms with van der Waals surface area (Å²) in [7, 11) is 1.64. The van der Waals surface area contributed by atoms with Crippen molar-refractivity contribution in [2.24, 2.45) is 0 Å². The molecule has 34 heavy (non-hydrogen) atoms. The molecule has 1 saturated heterocycles. The summed E-state index contributed by atoms with van der Waals surface area (Å²) in [6.07, 6.45) is 6.64. The number of rotatable bonds is 8. The van der Waals surface area contributed by atoms with E-state index < -0.39 is 0 Å². The van der Waals surface area contributed by atoms with Crippen molar-refractivity contribution in [2.45, 2.75) is 50.8 Å². The molecule has 7 heteroatoms. The monoisotopic (exact) mass is 482 g/mol. The lowest BCUT2D eigenvalue weighted by Crippen LogP contribution is -2.54. The lowest BCUT2D eigenvalue weighted by molar-refractivity contribution is -0.149. The molecule has 4 rings (SSSR count). The van der Waals surface area contributed by atoms with Crippen LogP contribution in [0, 0.1) is 0 Å². The number of hydrogen-bond donors (Lipinski definition) is 1. The van der Waals surface area contributed by atoms with Gasteiger partial charge in [0, 0.05) is 37.4 Å². The van der Waals surface area contributed by atoms with Gasteiger partial charge in [0.2, 0.25) is 0 Å². The molecule has 2 fully saturated rings. The summed E-state index contributed by atoms with van der Waals surface area (Å²) in [4.78, 5) is 27.7. The third-order valence-corrected chi connectivity index (χ3v) is 6.62. The smallest absolute Gasteiger partial charge is 0.289 e. The minimum absolute atomic E-state index is 0.00199. The fourth-order valence-electron chi connectivity index (χ4n) is 4.55. The molecule has 1 aliphatic carbocycles. The minimum atomic E-state index is -0.125. The first-order valence-corrected chi connectivity index (χ1v) is 12.2. The highest BCUT2D eigenvalue weighted by Crippen LogP contribution is 2.34. The summed E-state index contributed by atoms with van der Waals surface area (Å²) in [5.41, 5.74) is 2.44. The molecule has 180 valence electrons. The van der Waals surface area contributed by atoms with Gasteiger partial charge in [-0.1, -0.05) is 42.3 Å². The highest BCUT2D eigenvalue weighted by molar-refractivity contribution is 6.30. The summed E-state index contributed by atoms with van der Waals surface area (Å²) in [6.45, 7) is 1.70. The molecule has 6 nitrogen and oxygen atoms in total. The van der Waals surface area contributed by atoms with E-state index in [9.17, 15) is 9.59 Å². The molecule has 1 N–H and O–H groups in total. The third kappa shape index (κ3) is 5.99. The molecule has 2 aromatic rings. The molecule has 2 unspecified atom stereocenters. The predicted octanol–water partition coefficient (Wildman–Crippen LogP) is 4.82. The van der Waals surface area contributed by atoms with Crippen molar-refractivity contribution in [3.8, 4) is 0 Å².